The molecule has 2 aromatic carbocycles. The summed E-state index contributed by atoms with van der Waals surface area (Å²) >= 11 is 0. The molecule has 0 bridgehead atoms. The number of methoxy groups -OCH3 is 2. The molecule has 2 rings (SSSR count). The number of hydrogen-bond acceptors (Lipinski definition) is 5. The number of benzene rings is 2. The standard InChI is InChI=1S/C17H16FNO5/c1-10(20)19-11-5-4-6-12(7-11)24-17(21)13-8-15(22-2)16(23-3)9-14(13)18/h4-9H,1-3H3,(H,19,20). The first-order valence-electron chi connectivity index (χ1n) is 6.96. The smallest absolute Gasteiger partial charge is 0.346 e. The number of esters is 1. The summed E-state index contributed by atoms with van der Waals surface area (Å²) in [6.45, 7) is 1.36. The monoisotopic (exact) mass is 333 g/mol. The molecule has 0 aliphatic heterocycles. The third kappa shape index (κ3) is 4.01. The van der Waals surface area contributed by atoms with Gasteiger partial charge in [-0.2, -0.15) is 0 Å². The first kappa shape index (κ1) is 17.3. The summed E-state index contributed by atoms with van der Waals surface area (Å²) in [4.78, 5) is 23.2. The summed E-state index contributed by atoms with van der Waals surface area (Å²) in [7, 11) is 2.74. The Labute approximate surface area is 138 Å². The number of carbonyl (C=O) groups excluding carboxylic acids is 2. The van der Waals surface area contributed by atoms with Crippen LogP contribution < -0.4 is 19.5 Å². The predicted molar refractivity (Wildman–Crippen MR) is 85.2 cm³/mol. The summed E-state index contributed by atoms with van der Waals surface area (Å²) in [5, 5.41) is 2.56. The molecule has 2 aromatic rings. The van der Waals surface area contributed by atoms with E-state index in [1.54, 1.807) is 12.1 Å². The fourth-order valence-electron chi connectivity index (χ4n) is 2.01. The van der Waals surface area contributed by atoms with Crippen LogP contribution in [0.2, 0.25) is 0 Å². The highest BCUT2D eigenvalue weighted by atomic mass is 19.1. The van der Waals surface area contributed by atoms with E-state index in [4.69, 9.17) is 14.2 Å². The molecule has 0 aliphatic rings. The van der Waals surface area contributed by atoms with Crippen molar-refractivity contribution in [3.63, 3.8) is 0 Å². The Kier molecular flexibility index (Phi) is 5.36. The third-order valence-corrected chi connectivity index (χ3v) is 3.06. The lowest BCUT2D eigenvalue weighted by Crippen LogP contribution is -2.12. The number of hydrogen-bond donors (Lipinski definition) is 1. The number of amides is 1. The molecule has 6 nitrogen and oxygen atoms in total. The molecule has 0 fully saturated rings. The number of ether oxygens (including phenoxy) is 3. The molecule has 24 heavy (non-hydrogen) atoms. The van der Waals surface area contributed by atoms with Crippen LogP contribution in [0.1, 0.15) is 17.3 Å². The van der Waals surface area contributed by atoms with Gasteiger partial charge < -0.3 is 19.5 Å². The lowest BCUT2D eigenvalue weighted by Gasteiger charge is -2.11. The zero-order chi connectivity index (χ0) is 17.7. The zero-order valence-electron chi connectivity index (χ0n) is 13.4. The van der Waals surface area contributed by atoms with Crippen molar-refractivity contribution in [2.75, 3.05) is 19.5 Å². The summed E-state index contributed by atoms with van der Waals surface area (Å²) < 4.78 is 29.2. The highest BCUT2D eigenvalue weighted by molar-refractivity contribution is 5.93. The predicted octanol–water partition coefficient (Wildman–Crippen LogP) is 3.02. The van der Waals surface area contributed by atoms with Gasteiger partial charge in [-0.25, -0.2) is 9.18 Å². The maximum Gasteiger partial charge on any atom is 0.346 e. The van der Waals surface area contributed by atoms with Crippen LogP contribution in [0.5, 0.6) is 17.2 Å². The van der Waals surface area contributed by atoms with Crippen LogP contribution >= 0.6 is 0 Å². The van der Waals surface area contributed by atoms with E-state index in [-0.39, 0.29) is 28.7 Å². The Hall–Kier alpha value is -3.09. The minimum Gasteiger partial charge on any atom is -0.493 e. The number of halogens is 1. The van der Waals surface area contributed by atoms with Gasteiger partial charge in [0.15, 0.2) is 11.5 Å². The molecular weight excluding hydrogens is 317 g/mol. The average molecular weight is 333 g/mol. The maximum absolute atomic E-state index is 14.1. The lowest BCUT2D eigenvalue weighted by molar-refractivity contribution is -0.114. The Morgan fingerprint density at radius 2 is 1.71 bits per heavy atom. The number of rotatable bonds is 5. The van der Waals surface area contributed by atoms with E-state index < -0.39 is 11.8 Å². The second-order valence-electron chi connectivity index (χ2n) is 4.79. The molecule has 1 amide bonds. The minimum absolute atomic E-state index is 0.166. The van der Waals surface area contributed by atoms with Crippen LogP contribution in [0.4, 0.5) is 10.1 Å². The molecule has 0 heterocycles. The van der Waals surface area contributed by atoms with Gasteiger partial charge in [0.1, 0.15) is 11.6 Å². The Morgan fingerprint density at radius 3 is 2.33 bits per heavy atom. The van der Waals surface area contributed by atoms with Gasteiger partial charge in [0, 0.05) is 30.8 Å². The second-order valence-corrected chi connectivity index (χ2v) is 4.79. The topological polar surface area (TPSA) is 73.9 Å². The third-order valence-electron chi connectivity index (χ3n) is 3.06. The van der Waals surface area contributed by atoms with Crippen molar-refractivity contribution in [3.8, 4) is 17.2 Å². The van der Waals surface area contributed by atoms with Gasteiger partial charge in [-0.3, -0.25) is 4.79 Å². The fourth-order valence-corrected chi connectivity index (χ4v) is 2.01. The van der Waals surface area contributed by atoms with Gasteiger partial charge in [-0.15, -0.1) is 0 Å². The van der Waals surface area contributed by atoms with E-state index in [0.29, 0.717) is 5.69 Å². The first-order valence-corrected chi connectivity index (χ1v) is 6.96. The number of anilines is 1. The van der Waals surface area contributed by atoms with Gasteiger partial charge in [0.25, 0.3) is 0 Å². The van der Waals surface area contributed by atoms with Crippen molar-refractivity contribution in [1.29, 1.82) is 0 Å². The average Bonchev–Trinajstić information content (AvgIpc) is 2.54. The number of nitrogens with one attached hydrogen (secondary N) is 1. The van der Waals surface area contributed by atoms with Crippen LogP contribution in [0.3, 0.4) is 0 Å². The van der Waals surface area contributed by atoms with Crippen molar-refractivity contribution >= 4 is 17.6 Å². The van der Waals surface area contributed by atoms with Crippen LogP contribution in [0.15, 0.2) is 36.4 Å². The molecule has 0 radical (unpaired) electrons. The van der Waals surface area contributed by atoms with E-state index in [9.17, 15) is 14.0 Å². The Balaban J connectivity index is 2.25. The molecule has 7 heteroatoms. The van der Waals surface area contributed by atoms with Gasteiger partial charge in [-0.05, 0) is 12.1 Å². The Morgan fingerprint density at radius 1 is 1.04 bits per heavy atom. The Bertz CT molecular complexity index is 776. The summed E-state index contributed by atoms with van der Waals surface area (Å²) in [5.74, 6) is -1.41. The van der Waals surface area contributed by atoms with Crippen LogP contribution in [0.25, 0.3) is 0 Å². The second kappa shape index (κ2) is 7.45. The van der Waals surface area contributed by atoms with Gasteiger partial charge in [0.2, 0.25) is 5.91 Å². The van der Waals surface area contributed by atoms with E-state index >= 15 is 0 Å². The van der Waals surface area contributed by atoms with E-state index in [1.165, 1.54) is 39.3 Å². The highest BCUT2D eigenvalue weighted by Gasteiger charge is 2.19. The van der Waals surface area contributed by atoms with Gasteiger partial charge in [0.05, 0.1) is 19.8 Å². The lowest BCUT2D eigenvalue weighted by atomic mass is 10.2. The first-order chi connectivity index (χ1) is 11.4. The largest absolute Gasteiger partial charge is 0.493 e. The van der Waals surface area contributed by atoms with Crippen molar-refractivity contribution in [1.82, 2.24) is 0 Å². The summed E-state index contributed by atoms with van der Waals surface area (Å²) in [5.41, 5.74) is 0.165. The van der Waals surface area contributed by atoms with Crippen LogP contribution in [-0.2, 0) is 4.79 Å². The molecule has 0 aromatic heterocycles. The van der Waals surface area contributed by atoms with Gasteiger partial charge in [-0.1, -0.05) is 6.07 Å². The maximum atomic E-state index is 14.1. The zero-order valence-corrected chi connectivity index (χ0v) is 13.4. The molecule has 126 valence electrons. The van der Waals surface area contributed by atoms with Crippen molar-refractivity contribution in [2.45, 2.75) is 6.92 Å². The number of carbonyl (C=O) groups is 2. The SMILES string of the molecule is COc1cc(F)c(C(=O)Oc2cccc(NC(C)=O)c2)cc1OC. The van der Waals surface area contributed by atoms with Crippen LogP contribution in [0, 0.1) is 5.82 Å². The normalized spacial score (nSPS) is 10.0. The van der Waals surface area contributed by atoms with Crippen molar-refractivity contribution in [2.24, 2.45) is 0 Å². The van der Waals surface area contributed by atoms with Crippen LogP contribution in [-0.4, -0.2) is 26.1 Å². The van der Waals surface area contributed by atoms with E-state index in [2.05, 4.69) is 5.32 Å². The summed E-state index contributed by atoms with van der Waals surface area (Å²) in [6, 6.07) is 8.45. The van der Waals surface area contributed by atoms with Crippen molar-refractivity contribution in [3.05, 3.63) is 47.8 Å². The molecule has 0 atom stereocenters. The molecule has 0 saturated carbocycles. The molecule has 0 unspecified atom stereocenters. The van der Waals surface area contributed by atoms with Gasteiger partial charge >= 0.3 is 5.97 Å². The molecule has 0 aliphatic carbocycles. The van der Waals surface area contributed by atoms with Crippen molar-refractivity contribution < 1.29 is 28.2 Å². The summed E-state index contributed by atoms with van der Waals surface area (Å²) in [6.07, 6.45) is 0. The molecule has 0 spiro atoms. The van der Waals surface area contributed by atoms with E-state index in [0.717, 1.165) is 6.07 Å². The quantitative estimate of drug-likeness (QED) is 0.672. The molecular formula is C17H16FNO5. The fraction of sp³-hybridized carbons (Fsp3) is 0.176. The minimum atomic E-state index is -0.895. The molecule has 0 saturated heterocycles. The van der Waals surface area contributed by atoms with E-state index in [1.807, 2.05) is 0 Å². The highest BCUT2D eigenvalue weighted by Crippen LogP contribution is 2.30. The molecule has 1 N–H and O–H groups in total.